The first-order valence-electron chi connectivity index (χ1n) is 8.09. The summed E-state index contributed by atoms with van der Waals surface area (Å²) in [7, 11) is 0. The molecule has 0 saturated carbocycles. The van der Waals surface area contributed by atoms with Crippen LogP contribution in [0.1, 0.15) is 18.4 Å². The van der Waals surface area contributed by atoms with Crippen LogP contribution in [-0.4, -0.2) is 23.6 Å². The molecule has 1 fully saturated rings. The van der Waals surface area contributed by atoms with Gasteiger partial charge in [0.15, 0.2) is 5.58 Å². The van der Waals surface area contributed by atoms with Crippen LogP contribution in [0.25, 0.3) is 22.6 Å². The van der Waals surface area contributed by atoms with Crippen LogP contribution in [0, 0.1) is 6.92 Å². The molecule has 1 atom stereocenters. The highest BCUT2D eigenvalue weighted by Crippen LogP contribution is 2.27. The highest BCUT2D eigenvalue weighted by atomic mass is 16.5. The van der Waals surface area contributed by atoms with Crippen molar-refractivity contribution < 1.29 is 13.9 Å². The molecule has 24 heavy (non-hydrogen) atoms. The molecule has 0 unspecified atom stereocenters. The number of benzene rings is 2. The minimum absolute atomic E-state index is 0.0992. The fourth-order valence-corrected chi connectivity index (χ4v) is 2.90. The van der Waals surface area contributed by atoms with E-state index in [1.54, 1.807) is 0 Å². The average Bonchev–Trinajstić information content (AvgIpc) is 3.24. The van der Waals surface area contributed by atoms with Crippen molar-refractivity contribution in [3.63, 3.8) is 0 Å². The van der Waals surface area contributed by atoms with E-state index in [1.165, 1.54) is 0 Å². The van der Waals surface area contributed by atoms with Crippen molar-refractivity contribution in [1.29, 1.82) is 0 Å². The smallest absolute Gasteiger partial charge is 0.253 e. The van der Waals surface area contributed by atoms with Crippen LogP contribution < -0.4 is 5.32 Å². The Bertz CT molecular complexity index is 895. The van der Waals surface area contributed by atoms with Crippen molar-refractivity contribution in [2.24, 2.45) is 0 Å². The van der Waals surface area contributed by atoms with Gasteiger partial charge in [-0.2, -0.15) is 0 Å². The number of amides is 1. The van der Waals surface area contributed by atoms with Crippen LogP contribution in [0.5, 0.6) is 0 Å². The molecule has 2 aromatic carbocycles. The van der Waals surface area contributed by atoms with E-state index in [2.05, 4.69) is 10.3 Å². The summed E-state index contributed by atoms with van der Waals surface area (Å²) in [6, 6.07) is 13.4. The van der Waals surface area contributed by atoms with E-state index in [1.807, 2.05) is 49.4 Å². The van der Waals surface area contributed by atoms with E-state index in [-0.39, 0.29) is 12.0 Å². The fourth-order valence-electron chi connectivity index (χ4n) is 2.90. The maximum Gasteiger partial charge on any atom is 0.253 e. The lowest BCUT2D eigenvalue weighted by Crippen LogP contribution is -2.26. The number of carbonyl (C=O) groups is 1. The number of hydrogen-bond donors (Lipinski definition) is 1. The highest BCUT2D eigenvalue weighted by Gasteiger charge is 2.23. The van der Waals surface area contributed by atoms with Crippen molar-refractivity contribution in [2.75, 3.05) is 11.9 Å². The largest absolute Gasteiger partial charge is 0.436 e. The number of anilines is 1. The monoisotopic (exact) mass is 322 g/mol. The zero-order valence-electron chi connectivity index (χ0n) is 13.4. The lowest BCUT2D eigenvalue weighted by Gasteiger charge is -2.10. The molecule has 2 heterocycles. The number of oxazole rings is 1. The minimum atomic E-state index is -0.346. The summed E-state index contributed by atoms with van der Waals surface area (Å²) in [6.07, 6.45) is 1.36. The predicted molar refractivity (Wildman–Crippen MR) is 91.8 cm³/mol. The number of aryl methyl sites for hydroxylation is 1. The standard InChI is InChI=1S/C19H18N2O3/c1-12-7-8-16-15(10-12)21-19(24-16)13-4-2-5-14(11-13)20-18(22)17-6-3-9-23-17/h2,4-5,7-8,10-11,17H,3,6,9H2,1H3,(H,20,22)/t17-/m0/s1. The minimum Gasteiger partial charge on any atom is -0.436 e. The van der Waals surface area contributed by atoms with Crippen LogP contribution in [-0.2, 0) is 9.53 Å². The fraction of sp³-hybridized carbons (Fsp3) is 0.263. The normalized spacial score (nSPS) is 17.3. The summed E-state index contributed by atoms with van der Waals surface area (Å²) >= 11 is 0. The Labute approximate surface area is 139 Å². The second kappa shape index (κ2) is 6.09. The Morgan fingerprint density at radius 2 is 2.17 bits per heavy atom. The van der Waals surface area contributed by atoms with E-state index in [0.717, 1.165) is 35.1 Å². The molecule has 1 saturated heterocycles. The number of fused-ring (bicyclic) bond motifs is 1. The number of ether oxygens (including phenoxy) is 1. The predicted octanol–water partition coefficient (Wildman–Crippen LogP) is 3.92. The maximum atomic E-state index is 12.2. The summed E-state index contributed by atoms with van der Waals surface area (Å²) in [4.78, 5) is 16.7. The number of nitrogens with one attached hydrogen (secondary N) is 1. The van der Waals surface area contributed by atoms with Crippen molar-refractivity contribution in [1.82, 2.24) is 4.98 Å². The molecule has 0 bridgehead atoms. The number of carbonyl (C=O) groups excluding carboxylic acids is 1. The molecule has 4 rings (SSSR count). The number of aromatic nitrogens is 1. The molecule has 5 heteroatoms. The van der Waals surface area contributed by atoms with Gasteiger partial charge in [-0.25, -0.2) is 4.98 Å². The van der Waals surface area contributed by atoms with Gasteiger partial charge in [0.25, 0.3) is 5.91 Å². The number of nitrogens with zero attached hydrogens (tertiary/aromatic N) is 1. The molecular weight excluding hydrogens is 304 g/mol. The quantitative estimate of drug-likeness (QED) is 0.794. The zero-order valence-corrected chi connectivity index (χ0v) is 13.4. The Hall–Kier alpha value is -2.66. The molecule has 1 aliphatic rings. The molecule has 1 aliphatic heterocycles. The second-order valence-electron chi connectivity index (χ2n) is 6.06. The SMILES string of the molecule is Cc1ccc2oc(-c3cccc(NC(=O)[C@@H]4CCCO4)c3)nc2c1. The van der Waals surface area contributed by atoms with Gasteiger partial charge in [0.05, 0.1) is 0 Å². The molecule has 5 nitrogen and oxygen atoms in total. The van der Waals surface area contributed by atoms with Gasteiger partial charge in [-0.05, 0) is 55.7 Å². The van der Waals surface area contributed by atoms with Crippen LogP contribution in [0.2, 0.25) is 0 Å². The van der Waals surface area contributed by atoms with Crippen molar-refractivity contribution in [2.45, 2.75) is 25.9 Å². The third kappa shape index (κ3) is 2.90. The summed E-state index contributed by atoms with van der Waals surface area (Å²) in [6.45, 7) is 2.68. The van der Waals surface area contributed by atoms with Gasteiger partial charge in [-0.3, -0.25) is 4.79 Å². The van der Waals surface area contributed by atoms with Gasteiger partial charge in [0, 0.05) is 17.9 Å². The van der Waals surface area contributed by atoms with Crippen LogP contribution in [0.3, 0.4) is 0 Å². The van der Waals surface area contributed by atoms with Gasteiger partial charge >= 0.3 is 0 Å². The molecule has 1 aromatic heterocycles. The molecule has 1 N–H and O–H groups in total. The molecule has 0 spiro atoms. The van der Waals surface area contributed by atoms with Crippen LogP contribution in [0.15, 0.2) is 46.9 Å². The van der Waals surface area contributed by atoms with E-state index < -0.39 is 0 Å². The first-order valence-corrected chi connectivity index (χ1v) is 8.09. The first-order chi connectivity index (χ1) is 11.7. The van der Waals surface area contributed by atoms with Crippen molar-refractivity contribution >= 4 is 22.7 Å². The zero-order chi connectivity index (χ0) is 16.5. The Morgan fingerprint density at radius 3 is 3.00 bits per heavy atom. The lowest BCUT2D eigenvalue weighted by molar-refractivity contribution is -0.124. The molecular formula is C19H18N2O3. The second-order valence-corrected chi connectivity index (χ2v) is 6.06. The van der Waals surface area contributed by atoms with E-state index in [9.17, 15) is 4.79 Å². The Balaban J connectivity index is 1.60. The van der Waals surface area contributed by atoms with Gasteiger partial charge < -0.3 is 14.5 Å². The van der Waals surface area contributed by atoms with Gasteiger partial charge in [0.2, 0.25) is 5.89 Å². The molecule has 1 amide bonds. The van der Waals surface area contributed by atoms with Crippen LogP contribution >= 0.6 is 0 Å². The van der Waals surface area contributed by atoms with Gasteiger partial charge in [0.1, 0.15) is 11.6 Å². The molecule has 0 aliphatic carbocycles. The van der Waals surface area contributed by atoms with Crippen molar-refractivity contribution in [3.05, 3.63) is 48.0 Å². The molecule has 3 aromatic rings. The van der Waals surface area contributed by atoms with E-state index >= 15 is 0 Å². The first kappa shape index (κ1) is 14.9. The van der Waals surface area contributed by atoms with E-state index in [4.69, 9.17) is 9.15 Å². The Morgan fingerprint density at radius 1 is 1.25 bits per heavy atom. The summed E-state index contributed by atoms with van der Waals surface area (Å²) < 4.78 is 11.2. The molecule has 122 valence electrons. The van der Waals surface area contributed by atoms with Gasteiger partial charge in [-0.1, -0.05) is 12.1 Å². The average molecular weight is 322 g/mol. The third-order valence-electron chi connectivity index (χ3n) is 4.14. The van der Waals surface area contributed by atoms with E-state index in [0.29, 0.717) is 18.2 Å². The number of rotatable bonds is 3. The maximum absolute atomic E-state index is 12.2. The summed E-state index contributed by atoms with van der Waals surface area (Å²) in [5, 5.41) is 2.90. The third-order valence-corrected chi connectivity index (χ3v) is 4.14. The summed E-state index contributed by atoms with van der Waals surface area (Å²) in [5.41, 5.74) is 4.27. The topological polar surface area (TPSA) is 64.4 Å². The highest BCUT2D eigenvalue weighted by molar-refractivity contribution is 5.94. The summed E-state index contributed by atoms with van der Waals surface area (Å²) in [5.74, 6) is 0.446. The van der Waals surface area contributed by atoms with Crippen LogP contribution in [0.4, 0.5) is 5.69 Å². The molecule has 0 radical (unpaired) electrons. The van der Waals surface area contributed by atoms with Crippen molar-refractivity contribution in [3.8, 4) is 11.5 Å². The van der Waals surface area contributed by atoms with Gasteiger partial charge in [-0.15, -0.1) is 0 Å². The lowest BCUT2D eigenvalue weighted by atomic mass is 10.2. The Kier molecular flexibility index (Phi) is 3.78. The number of hydrogen-bond acceptors (Lipinski definition) is 4.